The smallest absolute Gasteiger partial charge is 0.0187 e. The summed E-state index contributed by atoms with van der Waals surface area (Å²) in [7, 11) is 0. The monoisotopic (exact) mass is 290 g/mol. The number of hydrogen-bond acceptors (Lipinski definition) is 0. The Balaban J connectivity index is 1.98. The average Bonchev–Trinajstić information content (AvgIpc) is 2.56. The van der Waals surface area contributed by atoms with Gasteiger partial charge in [0.25, 0.3) is 0 Å². The van der Waals surface area contributed by atoms with Crippen LogP contribution in [0, 0.1) is 16.2 Å². The van der Waals surface area contributed by atoms with Crippen LogP contribution in [-0.4, -0.2) is 0 Å². The molecule has 0 nitrogen and oxygen atoms in total. The Bertz CT molecular complexity index is 322. The third-order valence-corrected chi connectivity index (χ3v) is 8.32. The zero-order valence-electron chi connectivity index (χ0n) is 14.8. The van der Waals surface area contributed by atoms with E-state index in [2.05, 4.69) is 13.8 Å². The van der Waals surface area contributed by atoms with E-state index in [1.807, 2.05) is 0 Å². The van der Waals surface area contributed by atoms with Gasteiger partial charge in [0.2, 0.25) is 0 Å². The van der Waals surface area contributed by atoms with Crippen molar-refractivity contribution >= 4 is 0 Å². The molecule has 0 saturated heterocycles. The lowest BCUT2D eigenvalue weighted by Crippen LogP contribution is -2.55. The van der Waals surface area contributed by atoms with E-state index in [0.717, 1.165) is 0 Å². The van der Waals surface area contributed by atoms with E-state index in [1.54, 1.807) is 25.7 Å². The van der Waals surface area contributed by atoms with Crippen molar-refractivity contribution in [3.05, 3.63) is 0 Å². The first-order chi connectivity index (χ1) is 10.2. The van der Waals surface area contributed by atoms with Crippen LogP contribution in [-0.2, 0) is 0 Å². The molecule has 0 aliphatic heterocycles. The van der Waals surface area contributed by atoms with Gasteiger partial charge in [-0.3, -0.25) is 0 Å². The first kappa shape index (κ1) is 15.9. The summed E-state index contributed by atoms with van der Waals surface area (Å²) in [5.74, 6) is 0. The van der Waals surface area contributed by atoms with Gasteiger partial charge in [0.05, 0.1) is 0 Å². The lowest BCUT2D eigenvalue weighted by Gasteiger charge is -2.64. The number of rotatable bonds is 3. The SMILES string of the molecule is CCC1(C2(C3(C)CCCCC3)CCCCC2)CCCCC1. The third kappa shape index (κ3) is 2.49. The summed E-state index contributed by atoms with van der Waals surface area (Å²) in [5, 5.41) is 0. The van der Waals surface area contributed by atoms with Gasteiger partial charge in [0.1, 0.15) is 0 Å². The van der Waals surface area contributed by atoms with Gasteiger partial charge in [-0.25, -0.2) is 0 Å². The molecular weight excluding hydrogens is 252 g/mol. The largest absolute Gasteiger partial charge is 0.0648 e. The second kappa shape index (κ2) is 6.25. The van der Waals surface area contributed by atoms with Crippen LogP contribution in [0.4, 0.5) is 0 Å². The minimum absolute atomic E-state index is 0.666. The molecule has 3 aliphatic carbocycles. The highest BCUT2D eigenvalue weighted by Gasteiger charge is 2.59. The standard InChI is InChI=1S/C21H38/c1-3-20(15-9-5-10-16-20)21(17-11-6-12-18-21)19(2)13-7-4-8-14-19/h3-18H2,1-2H3. The first-order valence-corrected chi connectivity index (χ1v) is 10.2. The van der Waals surface area contributed by atoms with E-state index in [0.29, 0.717) is 16.2 Å². The first-order valence-electron chi connectivity index (χ1n) is 10.2. The topological polar surface area (TPSA) is 0 Å². The molecule has 0 aromatic rings. The maximum absolute atomic E-state index is 2.73. The van der Waals surface area contributed by atoms with Crippen LogP contribution in [0.2, 0.25) is 0 Å². The fourth-order valence-corrected chi connectivity index (χ4v) is 7.14. The summed E-state index contributed by atoms with van der Waals surface area (Å²) in [4.78, 5) is 0. The Morgan fingerprint density at radius 3 is 1.48 bits per heavy atom. The fraction of sp³-hybridized carbons (Fsp3) is 1.00. The molecule has 122 valence electrons. The Morgan fingerprint density at radius 2 is 1.00 bits per heavy atom. The molecule has 0 N–H and O–H groups in total. The van der Waals surface area contributed by atoms with Crippen LogP contribution in [0.5, 0.6) is 0 Å². The van der Waals surface area contributed by atoms with Crippen molar-refractivity contribution in [3.63, 3.8) is 0 Å². The van der Waals surface area contributed by atoms with Crippen molar-refractivity contribution in [2.75, 3.05) is 0 Å². The summed E-state index contributed by atoms with van der Waals surface area (Å²) < 4.78 is 0. The zero-order chi connectivity index (χ0) is 14.8. The van der Waals surface area contributed by atoms with E-state index in [9.17, 15) is 0 Å². The molecule has 0 amide bonds. The van der Waals surface area contributed by atoms with Crippen LogP contribution in [0.3, 0.4) is 0 Å². The average molecular weight is 291 g/mol. The molecule has 0 aromatic heterocycles. The highest BCUT2D eigenvalue weighted by atomic mass is 14.6. The quantitative estimate of drug-likeness (QED) is 0.512. The molecule has 0 spiro atoms. The molecule has 3 aliphatic rings. The molecule has 0 aromatic carbocycles. The van der Waals surface area contributed by atoms with Crippen LogP contribution in [0.25, 0.3) is 0 Å². The lowest BCUT2D eigenvalue weighted by molar-refractivity contribution is -0.143. The Labute approximate surface area is 133 Å². The van der Waals surface area contributed by atoms with E-state index >= 15 is 0 Å². The predicted octanol–water partition coefficient (Wildman–Crippen LogP) is 7.27. The van der Waals surface area contributed by atoms with Crippen molar-refractivity contribution in [2.45, 2.75) is 117 Å². The van der Waals surface area contributed by atoms with E-state index in [-0.39, 0.29) is 0 Å². The molecule has 3 saturated carbocycles. The fourth-order valence-electron chi connectivity index (χ4n) is 7.14. The van der Waals surface area contributed by atoms with Crippen LogP contribution >= 0.6 is 0 Å². The van der Waals surface area contributed by atoms with Gasteiger partial charge < -0.3 is 0 Å². The molecule has 21 heavy (non-hydrogen) atoms. The van der Waals surface area contributed by atoms with Crippen LogP contribution < -0.4 is 0 Å². The maximum atomic E-state index is 2.73. The van der Waals surface area contributed by atoms with E-state index in [1.165, 1.54) is 77.0 Å². The minimum atomic E-state index is 0.666. The summed E-state index contributed by atoms with van der Waals surface area (Å²) in [6.07, 6.45) is 24.4. The van der Waals surface area contributed by atoms with Crippen molar-refractivity contribution in [1.82, 2.24) is 0 Å². The second-order valence-corrected chi connectivity index (χ2v) is 8.96. The van der Waals surface area contributed by atoms with Crippen molar-refractivity contribution in [2.24, 2.45) is 16.2 Å². The Hall–Kier alpha value is 0. The van der Waals surface area contributed by atoms with Crippen LogP contribution in [0.1, 0.15) is 117 Å². The summed E-state index contributed by atoms with van der Waals surface area (Å²) >= 11 is 0. The summed E-state index contributed by atoms with van der Waals surface area (Å²) in [5.41, 5.74) is 2.07. The third-order valence-electron chi connectivity index (χ3n) is 8.32. The van der Waals surface area contributed by atoms with Crippen LogP contribution in [0.15, 0.2) is 0 Å². The molecule has 0 bridgehead atoms. The lowest BCUT2D eigenvalue weighted by atomic mass is 9.41. The second-order valence-electron chi connectivity index (χ2n) is 8.96. The van der Waals surface area contributed by atoms with Gasteiger partial charge in [-0.05, 0) is 61.2 Å². The van der Waals surface area contributed by atoms with Crippen molar-refractivity contribution in [3.8, 4) is 0 Å². The van der Waals surface area contributed by atoms with Crippen molar-refractivity contribution in [1.29, 1.82) is 0 Å². The molecule has 0 atom stereocenters. The Kier molecular flexibility index (Phi) is 4.72. The molecule has 0 heterocycles. The van der Waals surface area contributed by atoms with Gasteiger partial charge in [-0.1, -0.05) is 71.6 Å². The minimum Gasteiger partial charge on any atom is -0.0648 e. The zero-order valence-corrected chi connectivity index (χ0v) is 14.8. The van der Waals surface area contributed by atoms with E-state index < -0.39 is 0 Å². The molecule has 0 heteroatoms. The summed E-state index contributed by atoms with van der Waals surface area (Å²) in [6.45, 7) is 5.26. The predicted molar refractivity (Wildman–Crippen MR) is 92.5 cm³/mol. The normalized spacial score (nSPS) is 31.7. The van der Waals surface area contributed by atoms with Gasteiger partial charge in [0.15, 0.2) is 0 Å². The van der Waals surface area contributed by atoms with Gasteiger partial charge in [0, 0.05) is 0 Å². The summed E-state index contributed by atoms with van der Waals surface area (Å²) in [6, 6.07) is 0. The maximum Gasteiger partial charge on any atom is -0.0187 e. The molecule has 0 radical (unpaired) electrons. The molecular formula is C21H38. The van der Waals surface area contributed by atoms with Gasteiger partial charge in [-0.2, -0.15) is 0 Å². The van der Waals surface area contributed by atoms with Gasteiger partial charge >= 0.3 is 0 Å². The highest BCUT2D eigenvalue weighted by Crippen LogP contribution is 2.68. The Morgan fingerprint density at radius 1 is 0.571 bits per heavy atom. The molecule has 3 fully saturated rings. The van der Waals surface area contributed by atoms with E-state index in [4.69, 9.17) is 0 Å². The van der Waals surface area contributed by atoms with Crippen molar-refractivity contribution < 1.29 is 0 Å². The highest BCUT2D eigenvalue weighted by molar-refractivity contribution is 5.08. The van der Waals surface area contributed by atoms with Gasteiger partial charge in [-0.15, -0.1) is 0 Å². The number of hydrogen-bond donors (Lipinski definition) is 0. The molecule has 3 rings (SSSR count). The molecule has 0 unspecified atom stereocenters.